The Morgan fingerprint density at radius 3 is 2.81 bits per heavy atom. The van der Waals surface area contributed by atoms with Crippen molar-refractivity contribution >= 4 is 27.0 Å². The van der Waals surface area contributed by atoms with E-state index in [9.17, 15) is 0 Å². The Morgan fingerprint density at radius 2 is 2.19 bits per heavy atom. The van der Waals surface area contributed by atoms with E-state index in [1.165, 1.54) is 6.42 Å². The molecule has 1 aliphatic carbocycles. The number of aryl methyl sites for hydroxylation is 1. The molecule has 0 bridgehead atoms. The van der Waals surface area contributed by atoms with Crippen LogP contribution < -0.4 is 5.73 Å². The van der Waals surface area contributed by atoms with Crippen molar-refractivity contribution in [3.63, 3.8) is 0 Å². The molecule has 84 valence electrons. The lowest BCUT2D eigenvalue weighted by molar-refractivity contribution is 0.234. The number of benzene rings is 1. The zero-order chi connectivity index (χ0) is 11.3. The maximum atomic E-state index is 6.33. The summed E-state index contributed by atoms with van der Waals surface area (Å²) in [6.45, 7) is 0. The van der Waals surface area contributed by atoms with Crippen molar-refractivity contribution in [1.29, 1.82) is 0 Å². The summed E-state index contributed by atoms with van der Waals surface area (Å²) in [4.78, 5) is 4.66. The highest BCUT2D eigenvalue weighted by molar-refractivity contribution is 9.10. The minimum atomic E-state index is -0.194. The summed E-state index contributed by atoms with van der Waals surface area (Å²) in [5.74, 6) is 1.02. The SMILES string of the molecule is Cn1c(C2(N)CCC2)nc2ccc(Br)cc21. The normalized spacial score (nSPS) is 18.7. The van der Waals surface area contributed by atoms with Gasteiger partial charge >= 0.3 is 0 Å². The second-order valence-electron chi connectivity index (χ2n) is 4.64. The molecule has 0 amide bonds. The zero-order valence-electron chi connectivity index (χ0n) is 9.20. The summed E-state index contributed by atoms with van der Waals surface area (Å²) in [7, 11) is 2.05. The van der Waals surface area contributed by atoms with Crippen molar-refractivity contribution in [2.24, 2.45) is 12.8 Å². The topological polar surface area (TPSA) is 43.8 Å². The van der Waals surface area contributed by atoms with E-state index >= 15 is 0 Å². The molecular formula is C12H14BrN3. The molecule has 0 radical (unpaired) electrons. The van der Waals surface area contributed by atoms with Gasteiger partial charge < -0.3 is 10.3 Å². The van der Waals surface area contributed by atoms with Crippen molar-refractivity contribution in [1.82, 2.24) is 9.55 Å². The monoisotopic (exact) mass is 279 g/mol. The molecule has 2 N–H and O–H groups in total. The second kappa shape index (κ2) is 3.31. The number of nitrogens with zero attached hydrogens (tertiary/aromatic N) is 2. The van der Waals surface area contributed by atoms with Crippen LogP contribution >= 0.6 is 15.9 Å². The lowest BCUT2D eigenvalue weighted by atomic mass is 9.77. The molecule has 0 unspecified atom stereocenters. The van der Waals surface area contributed by atoms with Crippen LogP contribution in [0.2, 0.25) is 0 Å². The van der Waals surface area contributed by atoms with Crippen LogP contribution in [-0.4, -0.2) is 9.55 Å². The van der Waals surface area contributed by atoms with Crippen molar-refractivity contribution in [3.8, 4) is 0 Å². The third-order valence-corrected chi connectivity index (χ3v) is 4.03. The van der Waals surface area contributed by atoms with E-state index in [4.69, 9.17) is 5.73 Å². The summed E-state index contributed by atoms with van der Waals surface area (Å²) in [6.07, 6.45) is 3.31. The molecule has 1 aromatic carbocycles. The van der Waals surface area contributed by atoms with Gasteiger partial charge in [-0.3, -0.25) is 0 Å². The van der Waals surface area contributed by atoms with Gasteiger partial charge in [0, 0.05) is 11.5 Å². The molecule has 3 rings (SSSR count). The molecule has 1 fully saturated rings. The van der Waals surface area contributed by atoms with Crippen molar-refractivity contribution in [2.45, 2.75) is 24.8 Å². The highest BCUT2D eigenvalue weighted by Crippen LogP contribution is 2.39. The summed E-state index contributed by atoms with van der Waals surface area (Å²) in [5, 5.41) is 0. The van der Waals surface area contributed by atoms with Gasteiger partial charge in [0.1, 0.15) is 5.82 Å². The minimum Gasteiger partial charge on any atom is -0.330 e. The predicted octanol–water partition coefficient (Wildman–Crippen LogP) is 2.67. The second-order valence-corrected chi connectivity index (χ2v) is 5.55. The first-order valence-electron chi connectivity index (χ1n) is 5.51. The van der Waals surface area contributed by atoms with Crippen LogP contribution in [-0.2, 0) is 12.6 Å². The molecule has 0 spiro atoms. The fourth-order valence-electron chi connectivity index (χ4n) is 2.39. The van der Waals surface area contributed by atoms with E-state index in [1.54, 1.807) is 0 Å². The van der Waals surface area contributed by atoms with Gasteiger partial charge in [-0.15, -0.1) is 0 Å². The van der Waals surface area contributed by atoms with Crippen molar-refractivity contribution in [3.05, 3.63) is 28.5 Å². The molecule has 16 heavy (non-hydrogen) atoms. The number of rotatable bonds is 1. The van der Waals surface area contributed by atoms with Crippen LogP contribution in [0.1, 0.15) is 25.1 Å². The first-order chi connectivity index (χ1) is 7.60. The minimum absolute atomic E-state index is 0.194. The zero-order valence-corrected chi connectivity index (χ0v) is 10.8. The molecule has 0 atom stereocenters. The Balaban J connectivity index is 2.23. The van der Waals surface area contributed by atoms with Gasteiger partial charge in [0.15, 0.2) is 0 Å². The average molecular weight is 280 g/mol. The fraction of sp³-hybridized carbons (Fsp3) is 0.417. The maximum absolute atomic E-state index is 6.33. The molecule has 4 heteroatoms. The highest BCUT2D eigenvalue weighted by Gasteiger charge is 2.38. The number of fused-ring (bicyclic) bond motifs is 1. The Morgan fingerprint density at radius 1 is 1.44 bits per heavy atom. The Bertz CT molecular complexity index is 555. The molecule has 1 heterocycles. The van der Waals surface area contributed by atoms with E-state index < -0.39 is 0 Å². The molecule has 0 aliphatic heterocycles. The van der Waals surface area contributed by atoms with Crippen LogP contribution in [0.15, 0.2) is 22.7 Å². The lowest BCUT2D eigenvalue weighted by Crippen LogP contribution is -2.45. The number of halogens is 1. The van der Waals surface area contributed by atoms with Crippen LogP contribution in [0.3, 0.4) is 0 Å². The maximum Gasteiger partial charge on any atom is 0.129 e. The number of hydrogen-bond donors (Lipinski definition) is 1. The molecule has 1 aliphatic rings. The van der Waals surface area contributed by atoms with Gasteiger partial charge in [-0.25, -0.2) is 4.98 Å². The van der Waals surface area contributed by atoms with Crippen molar-refractivity contribution < 1.29 is 0 Å². The van der Waals surface area contributed by atoms with E-state index in [2.05, 4.69) is 31.5 Å². The Kier molecular flexibility index (Phi) is 2.13. The molecule has 3 nitrogen and oxygen atoms in total. The van der Waals surface area contributed by atoms with E-state index in [1.807, 2.05) is 19.2 Å². The summed E-state index contributed by atoms with van der Waals surface area (Å²) in [6, 6.07) is 6.14. The first-order valence-corrected chi connectivity index (χ1v) is 6.31. The smallest absolute Gasteiger partial charge is 0.129 e. The molecular weight excluding hydrogens is 266 g/mol. The quantitative estimate of drug-likeness (QED) is 0.872. The molecule has 1 aromatic heterocycles. The number of hydrogen-bond acceptors (Lipinski definition) is 2. The Hall–Kier alpha value is -0.870. The number of aromatic nitrogens is 2. The fourth-order valence-corrected chi connectivity index (χ4v) is 2.74. The van der Waals surface area contributed by atoms with Crippen LogP contribution in [0.5, 0.6) is 0 Å². The van der Waals surface area contributed by atoms with E-state index in [0.29, 0.717) is 0 Å². The average Bonchev–Trinajstić information content (AvgIpc) is 2.53. The largest absolute Gasteiger partial charge is 0.330 e. The van der Waals surface area contributed by atoms with Crippen LogP contribution in [0.25, 0.3) is 11.0 Å². The molecule has 0 saturated heterocycles. The van der Waals surface area contributed by atoms with Gasteiger partial charge in [-0.1, -0.05) is 15.9 Å². The van der Waals surface area contributed by atoms with E-state index in [0.717, 1.165) is 34.2 Å². The highest BCUT2D eigenvalue weighted by atomic mass is 79.9. The summed E-state index contributed by atoms with van der Waals surface area (Å²) in [5.41, 5.74) is 8.30. The predicted molar refractivity (Wildman–Crippen MR) is 68.1 cm³/mol. The van der Waals surface area contributed by atoms with Gasteiger partial charge in [-0.2, -0.15) is 0 Å². The third kappa shape index (κ3) is 1.33. The van der Waals surface area contributed by atoms with Gasteiger partial charge in [0.25, 0.3) is 0 Å². The standard InChI is InChI=1S/C12H14BrN3/c1-16-10-7-8(13)3-4-9(10)15-11(16)12(14)5-2-6-12/h3-4,7H,2,5-6,14H2,1H3. The number of imidazole rings is 1. The van der Waals surface area contributed by atoms with Gasteiger partial charge in [0.05, 0.1) is 16.6 Å². The third-order valence-electron chi connectivity index (χ3n) is 3.53. The van der Waals surface area contributed by atoms with Gasteiger partial charge in [-0.05, 0) is 37.5 Å². The lowest BCUT2D eigenvalue weighted by Gasteiger charge is -2.37. The summed E-state index contributed by atoms with van der Waals surface area (Å²) < 4.78 is 3.20. The molecule has 2 aromatic rings. The first kappa shape index (κ1) is 10.3. The molecule has 1 saturated carbocycles. The van der Waals surface area contributed by atoms with Crippen LogP contribution in [0, 0.1) is 0 Å². The Labute approximate surface area is 103 Å². The summed E-state index contributed by atoms with van der Waals surface area (Å²) >= 11 is 3.48. The van der Waals surface area contributed by atoms with E-state index in [-0.39, 0.29) is 5.54 Å². The van der Waals surface area contributed by atoms with Crippen molar-refractivity contribution in [2.75, 3.05) is 0 Å². The number of nitrogens with two attached hydrogens (primary N) is 1. The van der Waals surface area contributed by atoms with Crippen LogP contribution in [0.4, 0.5) is 0 Å². The van der Waals surface area contributed by atoms with Gasteiger partial charge in [0.2, 0.25) is 0 Å².